The van der Waals surface area contributed by atoms with Crippen molar-refractivity contribution in [3.8, 4) is 0 Å². The number of hydrogen-bond acceptors (Lipinski definition) is 2. The van der Waals surface area contributed by atoms with Crippen LogP contribution in [0.3, 0.4) is 0 Å². The molecule has 0 unspecified atom stereocenters. The number of aromatic nitrogens is 1. The van der Waals surface area contributed by atoms with E-state index in [1.165, 1.54) is 0 Å². The third-order valence-corrected chi connectivity index (χ3v) is 4.16. The summed E-state index contributed by atoms with van der Waals surface area (Å²) in [5, 5.41) is 11.9. The van der Waals surface area contributed by atoms with Crippen molar-refractivity contribution in [2.24, 2.45) is 0 Å². The Hall–Kier alpha value is -1.38. The van der Waals surface area contributed by atoms with Crippen molar-refractivity contribution in [2.45, 2.75) is 38.2 Å². The number of pyridine rings is 1. The van der Waals surface area contributed by atoms with Crippen LogP contribution < -0.4 is 0 Å². The molecule has 1 aromatic carbocycles. The van der Waals surface area contributed by atoms with E-state index in [1.807, 2.05) is 49.4 Å². The molecule has 106 valence electrons. The normalized spacial score (nSPS) is 15.6. The molecular weight excluding hydrogens is 270 g/mol. The third-order valence-electron chi connectivity index (χ3n) is 3.91. The Morgan fingerprint density at radius 1 is 1.15 bits per heavy atom. The quantitative estimate of drug-likeness (QED) is 0.877. The van der Waals surface area contributed by atoms with Gasteiger partial charge in [-0.15, -0.1) is 0 Å². The topological polar surface area (TPSA) is 33.1 Å². The third kappa shape index (κ3) is 2.87. The monoisotopic (exact) mass is 289 g/mol. The summed E-state index contributed by atoms with van der Waals surface area (Å²) >= 11 is 5.94. The predicted octanol–water partition coefficient (Wildman–Crippen LogP) is 4.53. The minimum Gasteiger partial charge on any atom is -0.384 e. The van der Waals surface area contributed by atoms with Crippen molar-refractivity contribution in [1.82, 2.24) is 4.98 Å². The highest BCUT2D eigenvalue weighted by atomic mass is 35.5. The first-order valence-corrected chi connectivity index (χ1v) is 7.39. The van der Waals surface area contributed by atoms with Crippen LogP contribution in [-0.4, -0.2) is 10.1 Å². The molecule has 1 aromatic heterocycles. The van der Waals surface area contributed by atoms with Crippen molar-refractivity contribution in [3.63, 3.8) is 0 Å². The smallest absolute Gasteiger partial charge is 0.0977 e. The van der Waals surface area contributed by atoms with Gasteiger partial charge in [0, 0.05) is 22.8 Å². The number of nitrogens with zero attached hydrogens (tertiary/aromatic N) is 1. The van der Waals surface area contributed by atoms with Crippen LogP contribution in [0.25, 0.3) is 0 Å². The number of rotatable bonds is 5. The highest BCUT2D eigenvalue weighted by Gasteiger charge is 2.37. The van der Waals surface area contributed by atoms with Gasteiger partial charge in [-0.25, -0.2) is 0 Å². The van der Waals surface area contributed by atoms with E-state index < -0.39 is 5.60 Å². The molecule has 2 nitrogen and oxygen atoms in total. The van der Waals surface area contributed by atoms with Crippen molar-refractivity contribution in [3.05, 3.63) is 64.9 Å². The molecule has 1 N–H and O–H groups in total. The summed E-state index contributed by atoms with van der Waals surface area (Å²) < 4.78 is 0. The maximum absolute atomic E-state index is 11.2. The number of halogens is 1. The number of aliphatic hydroxyl groups is 1. The van der Waals surface area contributed by atoms with E-state index in [9.17, 15) is 5.11 Å². The first-order chi connectivity index (χ1) is 9.61. The van der Waals surface area contributed by atoms with Crippen LogP contribution >= 0.6 is 11.6 Å². The van der Waals surface area contributed by atoms with Gasteiger partial charge in [0.05, 0.1) is 5.60 Å². The zero-order valence-electron chi connectivity index (χ0n) is 11.9. The largest absolute Gasteiger partial charge is 0.384 e. The van der Waals surface area contributed by atoms with Crippen LogP contribution in [0.1, 0.15) is 43.9 Å². The first-order valence-electron chi connectivity index (χ1n) is 7.01. The van der Waals surface area contributed by atoms with E-state index >= 15 is 0 Å². The molecule has 20 heavy (non-hydrogen) atoms. The average Bonchev–Trinajstić information content (AvgIpc) is 2.49. The van der Waals surface area contributed by atoms with Crippen LogP contribution in [0.5, 0.6) is 0 Å². The number of hydrogen-bond donors (Lipinski definition) is 1. The minimum absolute atomic E-state index is 0.0325. The van der Waals surface area contributed by atoms with Crippen molar-refractivity contribution < 1.29 is 5.11 Å². The second-order valence-electron chi connectivity index (χ2n) is 5.00. The van der Waals surface area contributed by atoms with Crippen LogP contribution in [0.2, 0.25) is 5.02 Å². The summed E-state index contributed by atoms with van der Waals surface area (Å²) in [5.74, 6) is -0.0325. The molecule has 0 bridgehead atoms. The van der Waals surface area contributed by atoms with E-state index in [0.717, 1.165) is 17.7 Å². The lowest BCUT2D eigenvalue weighted by molar-refractivity contribution is 0.000195. The van der Waals surface area contributed by atoms with Crippen LogP contribution in [0.4, 0.5) is 0 Å². The molecule has 3 heteroatoms. The van der Waals surface area contributed by atoms with E-state index in [4.69, 9.17) is 11.6 Å². The molecule has 0 fully saturated rings. The lowest BCUT2D eigenvalue weighted by atomic mass is 9.76. The maximum atomic E-state index is 11.2. The zero-order chi connectivity index (χ0) is 14.6. The molecule has 2 aromatic rings. The lowest BCUT2D eigenvalue weighted by Gasteiger charge is -2.35. The fourth-order valence-electron chi connectivity index (χ4n) is 2.76. The van der Waals surface area contributed by atoms with Gasteiger partial charge in [0.25, 0.3) is 0 Å². The molecule has 0 radical (unpaired) electrons. The van der Waals surface area contributed by atoms with Crippen molar-refractivity contribution in [2.75, 3.05) is 0 Å². The predicted molar refractivity (Wildman–Crippen MR) is 82.9 cm³/mol. The zero-order valence-corrected chi connectivity index (χ0v) is 12.6. The standard InChI is InChI=1S/C17H20ClNO/c1-3-15(16-7-5-6-12-19-16)17(20,4-2)13-8-10-14(18)11-9-13/h5-12,15,20H,3-4H2,1-2H3/t15-,17+/m1/s1. The summed E-state index contributed by atoms with van der Waals surface area (Å²) in [6.07, 6.45) is 3.23. The molecule has 2 atom stereocenters. The summed E-state index contributed by atoms with van der Waals surface area (Å²) in [7, 11) is 0. The molecular formula is C17H20ClNO. The van der Waals surface area contributed by atoms with Gasteiger partial charge in [-0.3, -0.25) is 4.98 Å². The Labute approximate surface area is 125 Å². The number of benzene rings is 1. The van der Waals surface area contributed by atoms with Gasteiger partial charge in [0.2, 0.25) is 0 Å². The summed E-state index contributed by atoms with van der Waals surface area (Å²) in [6.45, 7) is 4.08. The van der Waals surface area contributed by atoms with E-state index in [2.05, 4.69) is 11.9 Å². The molecule has 0 saturated carbocycles. The molecule has 0 aliphatic heterocycles. The molecule has 2 rings (SSSR count). The van der Waals surface area contributed by atoms with Crippen LogP contribution in [0, 0.1) is 0 Å². The van der Waals surface area contributed by atoms with Crippen LogP contribution in [0.15, 0.2) is 48.7 Å². The SMILES string of the molecule is CC[C@H](c1ccccn1)[C@](O)(CC)c1ccc(Cl)cc1. The Kier molecular flexibility index (Phi) is 4.79. The average molecular weight is 290 g/mol. The van der Waals surface area contributed by atoms with E-state index in [-0.39, 0.29) is 5.92 Å². The summed E-state index contributed by atoms with van der Waals surface area (Å²) in [6, 6.07) is 13.3. The maximum Gasteiger partial charge on any atom is 0.0977 e. The van der Waals surface area contributed by atoms with Gasteiger partial charge in [0.1, 0.15) is 0 Å². The summed E-state index contributed by atoms with van der Waals surface area (Å²) in [5.41, 5.74) is 0.893. The Balaban J connectivity index is 2.45. The molecule has 0 spiro atoms. The van der Waals surface area contributed by atoms with Gasteiger partial charge in [-0.2, -0.15) is 0 Å². The fraction of sp³-hybridized carbons (Fsp3) is 0.353. The molecule has 0 saturated heterocycles. The highest BCUT2D eigenvalue weighted by Crippen LogP contribution is 2.41. The van der Waals surface area contributed by atoms with Crippen molar-refractivity contribution in [1.29, 1.82) is 0 Å². The lowest BCUT2D eigenvalue weighted by Crippen LogP contribution is -2.33. The van der Waals surface area contributed by atoms with Gasteiger partial charge in [-0.1, -0.05) is 43.6 Å². The minimum atomic E-state index is -0.923. The highest BCUT2D eigenvalue weighted by molar-refractivity contribution is 6.30. The fourth-order valence-corrected chi connectivity index (χ4v) is 2.89. The molecule has 1 heterocycles. The Morgan fingerprint density at radius 2 is 1.85 bits per heavy atom. The summed E-state index contributed by atoms with van der Waals surface area (Å²) in [4.78, 5) is 4.42. The second-order valence-corrected chi connectivity index (χ2v) is 5.44. The van der Waals surface area contributed by atoms with Gasteiger partial charge >= 0.3 is 0 Å². The first kappa shape index (κ1) is 15.0. The van der Waals surface area contributed by atoms with E-state index in [1.54, 1.807) is 6.20 Å². The Morgan fingerprint density at radius 3 is 2.35 bits per heavy atom. The van der Waals surface area contributed by atoms with Gasteiger partial charge in [0.15, 0.2) is 0 Å². The molecule has 0 amide bonds. The van der Waals surface area contributed by atoms with E-state index in [0.29, 0.717) is 11.4 Å². The molecule has 0 aliphatic rings. The van der Waals surface area contributed by atoms with Gasteiger partial charge in [-0.05, 0) is 42.7 Å². The Bertz CT molecular complexity index is 541. The van der Waals surface area contributed by atoms with Crippen LogP contribution in [-0.2, 0) is 5.60 Å². The van der Waals surface area contributed by atoms with Gasteiger partial charge < -0.3 is 5.11 Å². The van der Waals surface area contributed by atoms with Crippen molar-refractivity contribution >= 4 is 11.6 Å². The second kappa shape index (κ2) is 6.38. The molecule has 0 aliphatic carbocycles.